The molecular formula is C11H8N2O. The largest absolute Gasteiger partial charge is 0.251 e. The van der Waals surface area contributed by atoms with Crippen LogP contribution in [-0.4, -0.2) is 11.1 Å². The van der Waals surface area contributed by atoms with Crippen molar-refractivity contribution in [2.45, 2.75) is 6.54 Å². The number of pyridine rings is 1. The molecule has 0 N–H and O–H groups in total. The Morgan fingerprint density at radius 1 is 1.21 bits per heavy atom. The number of rotatable bonds is 2. The minimum Gasteiger partial charge on any atom is -0.251 e. The first-order chi connectivity index (χ1) is 6.90. The van der Waals surface area contributed by atoms with Crippen LogP contribution in [0.5, 0.6) is 0 Å². The van der Waals surface area contributed by atoms with Crippen LogP contribution in [0.2, 0.25) is 0 Å². The molecular weight excluding hydrogens is 176 g/mol. The number of carbonyl (C=O) groups excluding carboxylic acids is 1. The van der Waals surface area contributed by atoms with Crippen LogP contribution in [0.3, 0.4) is 0 Å². The standard InChI is InChI=1S/C11H8N2O/c14-8-12-7-10-6-5-9-3-1-2-4-11(9)13-10/h1-6H,7H2. The molecule has 1 aromatic heterocycles. The van der Waals surface area contributed by atoms with E-state index in [-0.39, 0.29) is 0 Å². The number of isocyanates is 1. The second kappa shape index (κ2) is 3.81. The predicted molar refractivity (Wildman–Crippen MR) is 53.6 cm³/mol. The lowest BCUT2D eigenvalue weighted by molar-refractivity contribution is 0.562. The minimum atomic E-state index is 0.300. The van der Waals surface area contributed by atoms with Crippen molar-refractivity contribution in [2.75, 3.05) is 0 Å². The van der Waals surface area contributed by atoms with Gasteiger partial charge in [-0.3, -0.25) is 4.98 Å². The quantitative estimate of drug-likeness (QED) is 0.529. The van der Waals surface area contributed by atoms with Crippen LogP contribution in [-0.2, 0) is 11.3 Å². The maximum absolute atomic E-state index is 9.92. The fraction of sp³-hybridized carbons (Fsp3) is 0.0909. The third kappa shape index (κ3) is 1.68. The monoisotopic (exact) mass is 184 g/mol. The molecule has 0 aliphatic carbocycles. The van der Waals surface area contributed by atoms with Gasteiger partial charge in [-0.15, -0.1) is 0 Å². The molecule has 0 unspecified atom stereocenters. The second-order valence-electron chi connectivity index (χ2n) is 2.90. The van der Waals surface area contributed by atoms with Gasteiger partial charge in [-0.25, -0.2) is 4.79 Å². The molecule has 3 heteroatoms. The normalized spacial score (nSPS) is 9.71. The Morgan fingerprint density at radius 3 is 2.93 bits per heavy atom. The minimum absolute atomic E-state index is 0.300. The molecule has 0 saturated carbocycles. The van der Waals surface area contributed by atoms with Gasteiger partial charge < -0.3 is 0 Å². The molecule has 0 fully saturated rings. The van der Waals surface area contributed by atoms with Crippen molar-refractivity contribution >= 4 is 17.0 Å². The summed E-state index contributed by atoms with van der Waals surface area (Å²) in [6.45, 7) is 0.300. The van der Waals surface area contributed by atoms with Gasteiger partial charge in [0.1, 0.15) is 0 Å². The molecule has 2 aromatic rings. The molecule has 68 valence electrons. The first kappa shape index (κ1) is 8.60. The number of nitrogens with zero attached hydrogens (tertiary/aromatic N) is 2. The molecule has 0 saturated heterocycles. The smallest absolute Gasteiger partial charge is 0.235 e. The second-order valence-corrected chi connectivity index (χ2v) is 2.90. The zero-order valence-electron chi connectivity index (χ0n) is 7.47. The lowest BCUT2D eigenvalue weighted by atomic mass is 10.2. The summed E-state index contributed by atoms with van der Waals surface area (Å²) in [4.78, 5) is 17.7. The van der Waals surface area contributed by atoms with Crippen molar-refractivity contribution < 1.29 is 4.79 Å². The van der Waals surface area contributed by atoms with E-state index in [2.05, 4.69) is 9.98 Å². The summed E-state index contributed by atoms with van der Waals surface area (Å²) in [5, 5.41) is 1.09. The van der Waals surface area contributed by atoms with E-state index in [4.69, 9.17) is 0 Å². The van der Waals surface area contributed by atoms with E-state index in [0.29, 0.717) is 6.54 Å². The Balaban J connectivity index is 2.45. The Hall–Kier alpha value is -1.99. The molecule has 0 atom stereocenters. The van der Waals surface area contributed by atoms with Gasteiger partial charge in [0.15, 0.2) is 0 Å². The van der Waals surface area contributed by atoms with Crippen LogP contribution in [0.15, 0.2) is 41.4 Å². The third-order valence-electron chi connectivity index (χ3n) is 1.96. The van der Waals surface area contributed by atoms with E-state index in [1.54, 1.807) is 0 Å². The topological polar surface area (TPSA) is 42.3 Å². The summed E-state index contributed by atoms with van der Waals surface area (Å²) >= 11 is 0. The van der Waals surface area contributed by atoms with Crippen molar-refractivity contribution in [3.8, 4) is 0 Å². The van der Waals surface area contributed by atoms with Crippen LogP contribution >= 0.6 is 0 Å². The average molecular weight is 184 g/mol. The highest BCUT2D eigenvalue weighted by Gasteiger charge is 1.95. The highest BCUT2D eigenvalue weighted by Crippen LogP contribution is 2.11. The Labute approximate surface area is 81.1 Å². The van der Waals surface area contributed by atoms with Crippen LogP contribution in [0, 0.1) is 0 Å². The van der Waals surface area contributed by atoms with Gasteiger partial charge in [0.25, 0.3) is 0 Å². The summed E-state index contributed by atoms with van der Waals surface area (Å²) in [5.74, 6) is 0. The van der Waals surface area contributed by atoms with Crippen LogP contribution < -0.4 is 0 Å². The van der Waals surface area contributed by atoms with E-state index in [9.17, 15) is 4.79 Å². The van der Waals surface area contributed by atoms with E-state index in [1.807, 2.05) is 36.4 Å². The number of aromatic nitrogens is 1. The fourth-order valence-corrected chi connectivity index (χ4v) is 1.31. The molecule has 0 bridgehead atoms. The number of hydrogen-bond donors (Lipinski definition) is 0. The van der Waals surface area contributed by atoms with Crippen molar-refractivity contribution in [3.63, 3.8) is 0 Å². The molecule has 1 aromatic carbocycles. The first-order valence-corrected chi connectivity index (χ1v) is 4.28. The van der Waals surface area contributed by atoms with Gasteiger partial charge in [-0.05, 0) is 12.1 Å². The third-order valence-corrected chi connectivity index (χ3v) is 1.96. The van der Waals surface area contributed by atoms with Crippen molar-refractivity contribution in [3.05, 3.63) is 42.1 Å². The summed E-state index contributed by atoms with van der Waals surface area (Å²) in [6, 6.07) is 11.7. The summed E-state index contributed by atoms with van der Waals surface area (Å²) in [6.07, 6.45) is 1.50. The average Bonchev–Trinajstić information content (AvgIpc) is 2.26. The Bertz CT molecular complexity index is 501. The van der Waals surface area contributed by atoms with E-state index in [1.165, 1.54) is 6.08 Å². The van der Waals surface area contributed by atoms with Gasteiger partial charge in [0.05, 0.1) is 17.8 Å². The predicted octanol–water partition coefficient (Wildman–Crippen LogP) is 2.07. The molecule has 0 aliphatic rings. The highest BCUT2D eigenvalue weighted by molar-refractivity contribution is 5.78. The molecule has 3 nitrogen and oxygen atoms in total. The van der Waals surface area contributed by atoms with Crippen LogP contribution in [0.4, 0.5) is 0 Å². The van der Waals surface area contributed by atoms with Gasteiger partial charge in [-0.2, -0.15) is 4.99 Å². The molecule has 2 rings (SSSR count). The van der Waals surface area contributed by atoms with Crippen molar-refractivity contribution in [1.82, 2.24) is 4.98 Å². The maximum Gasteiger partial charge on any atom is 0.235 e. The lowest BCUT2D eigenvalue weighted by Gasteiger charge is -1.98. The number of aliphatic imine (C=N–C) groups is 1. The molecule has 0 spiro atoms. The lowest BCUT2D eigenvalue weighted by Crippen LogP contribution is -1.87. The molecule has 1 heterocycles. The van der Waals surface area contributed by atoms with E-state index in [0.717, 1.165) is 16.6 Å². The first-order valence-electron chi connectivity index (χ1n) is 4.28. The van der Waals surface area contributed by atoms with Crippen LogP contribution in [0.1, 0.15) is 5.69 Å². The van der Waals surface area contributed by atoms with Crippen molar-refractivity contribution in [2.24, 2.45) is 4.99 Å². The maximum atomic E-state index is 9.92. The Kier molecular flexibility index (Phi) is 2.34. The highest BCUT2D eigenvalue weighted by atomic mass is 16.1. The fourth-order valence-electron chi connectivity index (χ4n) is 1.31. The summed E-state index contributed by atoms with van der Waals surface area (Å²) < 4.78 is 0. The molecule has 14 heavy (non-hydrogen) atoms. The van der Waals surface area contributed by atoms with Gasteiger partial charge in [-0.1, -0.05) is 24.3 Å². The zero-order valence-corrected chi connectivity index (χ0v) is 7.47. The number of fused-ring (bicyclic) bond motifs is 1. The zero-order chi connectivity index (χ0) is 9.80. The number of benzene rings is 1. The van der Waals surface area contributed by atoms with Gasteiger partial charge in [0.2, 0.25) is 6.08 Å². The van der Waals surface area contributed by atoms with E-state index >= 15 is 0 Å². The van der Waals surface area contributed by atoms with Gasteiger partial charge in [0, 0.05) is 5.39 Å². The Morgan fingerprint density at radius 2 is 2.07 bits per heavy atom. The number of para-hydroxylation sites is 1. The number of hydrogen-bond acceptors (Lipinski definition) is 3. The van der Waals surface area contributed by atoms with E-state index < -0.39 is 0 Å². The molecule has 0 amide bonds. The van der Waals surface area contributed by atoms with Gasteiger partial charge >= 0.3 is 0 Å². The SMILES string of the molecule is O=C=NCc1ccc2ccccc2n1. The summed E-state index contributed by atoms with van der Waals surface area (Å²) in [5.41, 5.74) is 1.71. The van der Waals surface area contributed by atoms with Crippen LogP contribution in [0.25, 0.3) is 10.9 Å². The molecule has 0 radical (unpaired) electrons. The van der Waals surface area contributed by atoms with Crippen molar-refractivity contribution in [1.29, 1.82) is 0 Å². The molecule has 0 aliphatic heterocycles. The summed E-state index contributed by atoms with van der Waals surface area (Å²) in [7, 11) is 0.